The van der Waals surface area contributed by atoms with E-state index in [4.69, 9.17) is 4.55 Å². The van der Waals surface area contributed by atoms with E-state index in [9.17, 15) is 4.21 Å². The van der Waals surface area contributed by atoms with E-state index in [1.165, 1.54) is 11.3 Å². The molecule has 4 nitrogen and oxygen atoms in total. The highest BCUT2D eigenvalue weighted by Gasteiger charge is 1.95. The molecule has 1 atom stereocenters. The van der Waals surface area contributed by atoms with E-state index in [-0.39, 0.29) is 0 Å². The summed E-state index contributed by atoms with van der Waals surface area (Å²) in [5.74, 6) is 0. The normalized spacial score (nSPS) is 13.3. The maximum Gasteiger partial charge on any atom is 0.232 e. The van der Waals surface area contributed by atoms with Gasteiger partial charge in [0.25, 0.3) is 0 Å². The Kier molecular flexibility index (Phi) is 2.94. The monoisotopic (exact) mass is 178 g/mol. The summed E-state index contributed by atoms with van der Waals surface area (Å²) in [4.78, 5) is 3.90. The van der Waals surface area contributed by atoms with Crippen LogP contribution in [0.5, 0.6) is 0 Å². The molecule has 1 rings (SSSR count). The SMILES string of the molecule is O=S(O)NCc1nccs1. The predicted octanol–water partition coefficient (Wildman–Crippen LogP) is 0.369. The van der Waals surface area contributed by atoms with Crippen molar-refractivity contribution in [2.75, 3.05) is 0 Å². The van der Waals surface area contributed by atoms with Crippen molar-refractivity contribution in [3.8, 4) is 0 Å². The second kappa shape index (κ2) is 3.77. The molecule has 0 bridgehead atoms. The lowest BCUT2D eigenvalue weighted by Gasteiger charge is -1.92. The number of nitrogens with zero attached hydrogens (tertiary/aromatic N) is 1. The molecule has 0 amide bonds. The van der Waals surface area contributed by atoms with Gasteiger partial charge in [0.15, 0.2) is 0 Å². The molecule has 0 aromatic carbocycles. The molecule has 0 spiro atoms. The molecule has 0 saturated heterocycles. The van der Waals surface area contributed by atoms with Gasteiger partial charge >= 0.3 is 0 Å². The first-order valence-electron chi connectivity index (χ1n) is 2.52. The van der Waals surface area contributed by atoms with Crippen LogP contribution in [0.1, 0.15) is 5.01 Å². The number of aromatic nitrogens is 1. The largest absolute Gasteiger partial charge is 0.294 e. The van der Waals surface area contributed by atoms with Gasteiger partial charge in [-0.05, 0) is 0 Å². The molecule has 1 aromatic heterocycles. The molecule has 1 heterocycles. The minimum atomic E-state index is -1.93. The van der Waals surface area contributed by atoms with Crippen molar-refractivity contribution in [2.45, 2.75) is 6.54 Å². The van der Waals surface area contributed by atoms with Crippen molar-refractivity contribution >= 4 is 22.6 Å². The summed E-state index contributed by atoms with van der Waals surface area (Å²) in [6, 6.07) is 0. The van der Waals surface area contributed by atoms with Gasteiger partial charge in [-0.3, -0.25) is 4.55 Å². The van der Waals surface area contributed by atoms with Gasteiger partial charge < -0.3 is 0 Å². The van der Waals surface area contributed by atoms with E-state index >= 15 is 0 Å². The van der Waals surface area contributed by atoms with E-state index in [0.29, 0.717) is 6.54 Å². The van der Waals surface area contributed by atoms with Crippen LogP contribution in [0.4, 0.5) is 0 Å². The van der Waals surface area contributed by atoms with E-state index in [2.05, 4.69) is 9.71 Å². The fraction of sp³-hybridized carbons (Fsp3) is 0.250. The minimum Gasteiger partial charge on any atom is -0.294 e. The van der Waals surface area contributed by atoms with Crippen LogP contribution in [0.15, 0.2) is 11.6 Å². The van der Waals surface area contributed by atoms with Crippen molar-refractivity contribution in [1.29, 1.82) is 0 Å². The van der Waals surface area contributed by atoms with Gasteiger partial charge in [-0.2, -0.15) is 0 Å². The summed E-state index contributed by atoms with van der Waals surface area (Å²) in [7, 11) is 0. The van der Waals surface area contributed by atoms with E-state index in [0.717, 1.165) is 5.01 Å². The van der Waals surface area contributed by atoms with E-state index < -0.39 is 11.3 Å². The Bertz CT molecular complexity index is 211. The lowest BCUT2D eigenvalue weighted by molar-refractivity contribution is 0.548. The molecule has 0 aliphatic carbocycles. The van der Waals surface area contributed by atoms with Crippen LogP contribution in [-0.4, -0.2) is 13.7 Å². The molecule has 0 fully saturated rings. The maximum atomic E-state index is 10.1. The van der Waals surface area contributed by atoms with Gasteiger partial charge in [0, 0.05) is 11.6 Å². The molecule has 0 aliphatic rings. The number of nitrogens with one attached hydrogen (secondary N) is 1. The fourth-order valence-electron chi connectivity index (χ4n) is 0.464. The first kappa shape index (κ1) is 7.80. The second-order valence-corrected chi connectivity index (χ2v) is 3.26. The van der Waals surface area contributed by atoms with Gasteiger partial charge in [-0.1, -0.05) is 0 Å². The average Bonchev–Trinajstić information content (AvgIpc) is 2.34. The van der Waals surface area contributed by atoms with E-state index in [1.54, 1.807) is 6.20 Å². The Morgan fingerprint density at radius 1 is 1.90 bits per heavy atom. The topological polar surface area (TPSA) is 62.2 Å². The Labute approximate surface area is 64.7 Å². The highest BCUT2D eigenvalue weighted by Crippen LogP contribution is 2.02. The molecule has 10 heavy (non-hydrogen) atoms. The standard InChI is InChI=1S/C4H6N2O2S2/c7-10(8)6-3-4-5-1-2-9-4/h1-2,6H,3H2,(H,7,8). The highest BCUT2D eigenvalue weighted by molar-refractivity contribution is 7.77. The van der Waals surface area contributed by atoms with Gasteiger partial charge in [0.05, 0.1) is 6.54 Å². The van der Waals surface area contributed by atoms with Gasteiger partial charge in [-0.15, -0.1) is 11.3 Å². The molecule has 2 N–H and O–H groups in total. The predicted molar refractivity (Wildman–Crippen MR) is 39.7 cm³/mol. The summed E-state index contributed by atoms with van der Waals surface area (Å²) >= 11 is -0.488. The molecular weight excluding hydrogens is 172 g/mol. The summed E-state index contributed by atoms with van der Waals surface area (Å²) in [6.07, 6.45) is 1.65. The summed E-state index contributed by atoms with van der Waals surface area (Å²) in [5.41, 5.74) is 0. The number of rotatable bonds is 3. The number of thiazole rings is 1. The summed E-state index contributed by atoms with van der Waals surface area (Å²) in [6.45, 7) is 0.348. The van der Waals surface area contributed by atoms with Crippen molar-refractivity contribution in [3.05, 3.63) is 16.6 Å². The first-order chi connectivity index (χ1) is 4.79. The molecule has 1 aromatic rings. The number of hydrogen-bond donors (Lipinski definition) is 2. The number of hydrogen-bond acceptors (Lipinski definition) is 3. The minimum absolute atomic E-state index is 0.348. The van der Waals surface area contributed by atoms with Gasteiger partial charge in [-0.25, -0.2) is 13.9 Å². The Balaban J connectivity index is 2.35. The maximum absolute atomic E-state index is 10.1. The molecule has 56 valence electrons. The lowest BCUT2D eigenvalue weighted by Crippen LogP contribution is -2.14. The average molecular weight is 178 g/mol. The Hall–Kier alpha value is -0.300. The van der Waals surface area contributed by atoms with Crippen LogP contribution < -0.4 is 4.72 Å². The van der Waals surface area contributed by atoms with Crippen molar-refractivity contribution in [1.82, 2.24) is 9.71 Å². The zero-order valence-corrected chi connectivity index (χ0v) is 6.61. The van der Waals surface area contributed by atoms with E-state index in [1.807, 2.05) is 5.38 Å². The summed E-state index contributed by atoms with van der Waals surface area (Å²) in [5, 5.41) is 2.62. The third-order valence-corrected chi connectivity index (χ3v) is 2.00. The van der Waals surface area contributed by atoms with Crippen LogP contribution in [0.25, 0.3) is 0 Å². The van der Waals surface area contributed by atoms with Crippen LogP contribution >= 0.6 is 11.3 Å². The molecular formula is C4H6N2O2S2. The highest BCUT2D eigenvalue weighted by atomic mass is 32.2. The van der Waals surface area contributed by atoms with Crippen molar-refractivity contribution < 1.29 is 8.76 Å². The van der Waals surface area contributed by atoms with Crippen molar-refractivity contribution in [2.24, 2.45) is 0 Å². The molecule has 0 saturated carbocycles. The zero-order valence-electron chi connectivity index (χ0n) is 4.98. The fourth-order valence-corrected chi connectivity index (χ4v) is 1.37. The molecule has 6 heteroatoms. The zero-order chi connectivity index (χ0) is 7.40. The second-order valence-electron chi connectivity index (χ2n) is 1.50. The third-order valence-electron chi connectivity index (χ3n) is 0.830. The van der Waals surface area contributed by atoms with Crippen LogP contribution in [-0.2, 0) is 17.8 Å². The van der Waals surface area contributed by atoms with Crippen LogP contribution in [0.3, 0.4) is 0 Å². The van der Waals surface area contributed by atoms with Crippen LogP contribution in [0.2, 0.25) is 0 Å². The lowest BCUT2D eigenvalue weighted by atomic mass is 10.7. The smallest absolute Gasteiger partial charge is 0.232 e. The van der Waals surface area contributed by atoms with Gasteiger partial charge in [0.2, 0.25) is 11.3 Å². The molecule has 1 unspecified atom stereocenters. The Morgan fingerprint density at radius 3 is 3.20 bits per heavy atom. The quantitative estimate of drug-likeness (QED) is 0.657. The molecule has 0 aliphatic heterocycles. The van der Waals surface area contributed by atoms with Crippen molar-refractivity contribution in [3.63, 3.8) is 0 Å². The Morgan fingerprint density at radius 2 is 2.70 bits per heavy atom. The molecule has 0 radical (unpaired) electrons. The first-order valence-corrected chi connectivity index (χ1v) is 4.50. The third kappa shape index (κ3) is 2.53. The van der Waals surface area contributed by atoms with Gasteiger partial charge in [0.1, 0.15) is 5.01 Å². The van der Waals surface area contributed by atoms with Crippen LogP contribution in [0, 0.1) is 0 Å². The summed E-state index contributed by atoms with van der Waals surface area (Å²) < 4.78 is 20.7.